The monoisotopic (exact) mass is 884 g/mol. The topological polar surface area (TPSA) is 33.5 Å². The van der Waals surface area contributed by atoms with E-state index >= 15 is 0 Å². The number of aromatic nitrogens is 2. The molecule has 0 fully saturated rings. The first-order valence-electron chi connectivity index (χ1n) is 17.5. The SMILES string of the molecule is CC(C)(C)c1ccnc(-n2c3[c-]c(Oc4[c-]c(N5[CH-]N(c6ccccc6)c6cc7c(cc65)sc5ccccc57)ccc4)ccc3c3ccccc32)c1.[Pt]. The molecule has 1 aliphatic rings. The van der Waals surface area contributed by atoms with Crippen LogP contribution in [0.5, 0.6) is 11.5 Å². The number of hydrogen-bond acceptors (Lipinski definition) is 5. The van der Waals surface area contributed by atoms with Gasteiger partial charge in [-0.05, 0) is 64.9 Å². The van der Waals surface area contributed by atoms with Crippen molar-refractivity contribution in [3.8, 4) is 17.3 Å². The van der Waals surface area contributed by atoms with Gasteiger partial charge in [0.15, 0.2) is 0 Å². The molecule has 0 amide bonds. The first kappa shape index (κ1) is 33.4. The van der Waals surface area contributed by atoms with Crippen molar-refractivity contribution in [2.75, 3.05) is 9.80 Å². The average Bonchev–Trinajstić information content (AvgIpc) is 3.83. The molecule has 7 heteroatoms. The summed E-state index contributed by atoms with van der Waals surface area (Å²) in [5.41, 5.74) is 7.41. The predicted octanol–water partition coefficient (Wildman–Crippen LogP) is 12.6. The van der Waals surface area contributed by atoms with Gasteiger partial charge in [-0.1, -0.05) is 80.9 Å². The van der Waals surface area contributed by atoms with E-state index in [-0.39, 0.29) is 26.5 Å². The molecular weight excluding hydrogens is 852 g/mol. The van der Waals surface area contributed by atoms with E-state index in [1.54, 1.807) is 0 Å². The smallest absolute Gasteiger partial charge is 0.135 e. The van der Waals surface area contributed by atoms with Crippen LogP contribution in [0.2, 0.25) is 0 Å². The van der Waals surface area contributed by atoms with Gasteiger partial charge in [0, 0.05) is 81.5 Å². The summed E-state index contributed by atoms with van der Waals surface area (Å²) in [6.45, 7) is 8.82. The van der Waals surface area contributed by atoms with Crippen molar-refractivity contribution < 1.29 is 25.8 Å². The second-order valence-corrected chi connectivity index (χ2v) is 15.3. The Labute approximate surface area is 327 Å². The molecule has 6 aromatic carbocycles. The third kappa shape index (κ3) is 5.69. The van der Waals surface area contributed by atoms with Crippen LogP contribution in [0.1, 0.15) is 26.3 Å². The van der Waals surface area contributed by atoms with E-state index in [9.17, 15) is 0 Å². The number of ether oxygens (including phenoxy) is 1. The largest absolute Gasteiger partial charge is 0.509 e. The van der Waals surface area contributed by atoms with E-state index in [1.165, 1.54) is 25.7 Å². The number of nitrogens with zero attached hydrogens (tertiary/aromatic N) is 4. The summed E-state index contributed by atoms with van der Waals surface area (Å²) in [6, 6.07) is 53.8. The zero-order valence-corrected chi connectivity index (χ0v) is 32.4. The van der Waals surface area contributed by atoms with Crippen molar-refractivity contribution in [1.82, 2.24) is 9.55 Å². The molecule has 0 saturated heterocycles. The van der Waals surface area contributed by atoms with Gasteiger partial charge in [-0.15, -0.1) is 59.4 Å². The summed E-state index contributed by atoms with van der Waals surface area (Å²) in [6.07, 6.45) is 1.90. The number of rotatable bonds is 5. The van der Waals surface area contributed by atoms with Gasteiger partial charge < -0.3 is 19.1 Å². The average molecular weight is 885 g/mol. The predicted molar refractivity (Wildman–Crippen MR) is 216 cm³/mol. The van der Waals surface area contributed by atoms with Gasteiger partial charge in [0.05, 0.1) is 0 Å². The number of anilines is 4. The first-order chi connectivity index (χ1) is 25.4. The Morgan fingerprint density at radius 2 is 1.40 bits per heavy atom. The van der Waals surface area contributed by atoms with Crippen molar-refractivity contribution in [3.63, 3.8) is 0 Å². The minimum atomic E-state index is -0.00935. The summed E-state index contributed by atoms with van der Waals surface area (Å²) >= 11 is 1.83. The molecule has 0 N–H and O–H groups in total. The molecular formula is C46H33N4OPtS-3. The zero-order chi connectivity index (χ0) is 35.0. The fourth-order valence-corrected chi connectivity index (χ4v) is 8.42. The van der Waals surface area contributed by atoms with E-state index < -0.39 is 0 Å². The maximum Gasteiger partial charge on any atom is 0.135 e. The van der Waals surface area contributed by atoms with Crippen LogP contribution in [0.3, 0.4) is 0 Å². The maximum absolute atomic E-state index is 6.56. The molecule has 53 heavy (non-hydrogen) atoms. The van der Waals surface area contributed by atoms with Gasteiger partial charge in [0.1, 0.15) is 5.82 Å². The summed E-state index contributed by atoms with van der Waals surface area (Å²) < 4.78 is 11.3. The molecule has 0 bridgehead atoms. The molecule has 0 atom stereocenters. The van der Waals surface area contributed by atoms with Crippen molar-refractivity contribution in [1.29, 1.82) is 0 Å². The second-order valence-electron chi connectivity index (χ2n) is 14.2. The summed E-state index contributed by atoms with van der Waals surface area (Å²) in [5, 5.41) is 4.79. The summed E-state index contributed by atoms with van der Waals surface area (Å²) in [7, 11) is 0. The van der Waals surface area contributed by atoms with E-state index in [0.717, 1.165) is 50.4 Å². The fraction of sp³-hybridized carbons (Fsp3) is 0.0870. The van der Waals surface area contributed by atoms with Gasteiger partial charge in [0.2, 0.25) is 0 Å². The van der Waals surface area contributed by atoms with Crippen LogP contribution >= 0.6 is 11.3 Å². The Hall–Kier alpha value is -5.42. The minimum absolute atomic E-state index is 0. The number of fused-ring (bicyclic) bond motifs is 7. The quantitative estimate of drug-likeness (QED) is 0.161. The normalized spacial score (nSPS) is 12.9. The molecule has 0 radical (unpaired) electrons. The molecule has 10 rings (SSSR count). The van der Waals surface area contributed by atoms with Crippen molar-refractivity contribution in [2.24, 2.45) is 0 Å². The van der Waals surface area contributed by atoms with Crippen LogP contribution in [0, 0.1) is 18.8 Å². The summed E-state index contributed by atoms with van der Waals surface area (Å²) in [5.74, 6) is 2.08. The maximum atomic E-state index is 6.56. The van der Waals surface area contributed by atoms with Crippen LogP contribution in [0.15, 0.2) is 140 Å². The Kier molecular flexibility index (Phi) is 8.14. The number of benzene rings is 6. The van der Waals surface area contributed by atoms with Crippen LogP contribution in [0.4, 0.5) is 22.7 Å². The Bertz CT molecular complexity index is 2820. The Morgan fingerprint density at radius 3 is 2.25 bits per heavy atom. The van der Waals surface area contributed by atoms with Crippen molar-refractivity contribution in [2.45, 2.75) is 26.2 Å². The molecule has 1 aliphatic heterocycles. The molecule has 5 nitrogen and oxygen atoms in total. The fourth-order valence-electron chi connectivity index (χ4n) is 7.29. The van der Waals surface area contributed by atoms with Gasteiger partial charge in [-0.25, -0.2) is 4.98 Å². The molecule has 0 saturated carbocycles. The molecule has 9 aromatic rings. The molecule has 4 heterocycles. The van der Waals surface area contributed by atoms with E-state index in [1.807, 2.05) is 35.7 Å². The Balaban J connectivity index is 0.00000372. The molecule has 0 spiro atoms. The minimum Gasteiger partial charge on any atom is -0.509 e. The third-order valence-electron chi connectivity index (χ3n) is 9.89. The van der Waals surface area contributed by atoms with Crippen LogP contribution in [0.25, 0.3) is 47.8 Å². The zero-order valence-electron chi connectivity index (χ0n) is 29.3. The first-order valence-corrected chi connectivity index (χ1v) is 18.3. The van der Waals surface area contributed by atoms with E-state index in [0.29, 0.717) is 11.5 Å². The third-order valence-corrected chi connectivity index (χ3v) is 11.0. The second kappa shape index (κ2) is 12.9. The number of thiophene rings is 1. The molecule has 0 aliphatic carbocycles. The van der Waals surface area contributed by atoms with E-state index in [2.05, 4.69) is 169 Å². The Morgan fingerprint density at radius 1 is 0.642 bits per heavy atom. The van der Waals surface area contributed by atoms with Gasteiger partial charge in [-0.3, -0.25) is 0 Å². The summed E-state index contributed by atoms with van der Waals surface area (Å²) in [4.78, 5) is 9.29. The molecule has 262 valence electrons. The van der Waals surface area contributed by atoms with Crippen molar-refractivity contribution in [3.05, 3.63) is 164 Å². The van der Waals surface area contributed by atoms with E-state index in [4.69, 9.17) is 9.72 Å². The standard InChI is InChI=1S/C46H33N4OS.Pt/c1-46(2,3)30-22-23-47-45(24-30)50-39-18-9-7-16-35(39)36-21-20-34(26-40(36)50)51-33-15-11-14-32(25-33)49-29-48(31-12-5-4-6-13-31)41-27-38-37-17-8-10-19-43(37)52-44(38)28-42(41)49;/h4-24,27-29H,1-3H3;/q-3;. The van der Waals surface area contributed by atoms with Crippen LogP contribution < -0.4 is 14.5 Å². The van der Waals surface area contributed by atoms with Crippen LogP contribution in [-0.4, -0.2) is 9.55 Å². The number of pyridine rings is 1. The number of para-hydroxylation sites is 2. The molecule has 3 aromatic heterocycles. The molecule has 0 unspecified atom stereocenters. The van der Waals surface area contributed by atoms with Crippen molar-refractivity contribution >= 4 is 76.1 Å². The number of hydrogen-bond donors (Lipinski definition) is 0. The van der Waals surface area contributed by atoms with Gasteiger partial charge in [-0.2, -0.15) is 12.1 Å². The van der Waals surface area contributed by atoms with Gasteiger partial charge >= 0.3 is 0 Å². The van der Waals surface area contributed by atoms with Gasteiger partial charge in [0.25, 0.3) is 0 Å². The van der Waals surface area contributed by atoms with Crippen LogP contribution in [-0.2, 0) is 26.5 Å².